The van der Waals surface area contributed by atoms with Crippen molar-refractivity contribution in [1.29, 1.82) is 0 Å². The molecular formula is C13H16O4. The Labute approximate surface area is 100 Å². The molecule has 2 rings (SSSR count). The molecule has 0 spiro atoms. The molecule has 4 heteroatoms. The molecule has 1 aliphatic rings. The molecule has 92 valence electrons. The van der Waals surface area contributed by atoms with Crippen molar-refractivity contribution < 1.29 is 19.4 Å². The minimum absolute atomic E-state index is 0.108. The molecule has 1 aliphatic heterocycles. The van der Waals surface area contributed by atoms with Gasteiger partial charge in [-0.25, -0.2) is 0 Å². The molecule has 1 aromatic carbocycles. The highest BCUT2D eigenvalue weighted by molar-refractivity contribution is 5.70. The van der Waals surface area contributed by atoms with E-state index in [1.165, 1.54) is 0 Å². The summed E-state index contributed by atoms with van der Waals surface area (Å²) >= 11 is 0. The van der Waals surface area contributed by atoms with Crippen molar-refractivity contribution in [1.82, 2.24) is 0 Å². The molecule has 1 aromatic rings. The molecule has 1 heterocycles. The highest BCUT2D eigenvalue weighted by atomic mass is 16.6. The first-order valence-electron chi connectivity index (χ1n) is 5.72. The third-order valence-corrected chi connectivity index (χ3v) is 2.82. The predicted molar refractivity (Wildman–Crippen MR) is 62.2 cm³/mol. The summed E-state index contributed by atoms with van der Waals surface area (Å²) in [5.74, 6) is -0.418. The summed E-state index contributed by atoms with van der Waals surface area (Å²) in [4.78, 5) is 10.8. The van der Waals surface area contributed by atoms with Gasteiger partial charge in [0.15, 0.2) is 0 Å². The van der Waals surface area contributed by atoms with Gasteiger partial charge < -0.3 is 14.6 Å². The summed E-state index contributed by atoms with van der Waals surface area (Å²) in [5, 5.41) is 8.91. The third kappa shape index (κ3) is 2.97. The molecule has 1 fully saturated rings. The van der Waals surface area contributed by atoms with Crippen molar-refractivity contribution in [2.75, 3.05) is 13.2 Å². The lowest BCUT2D eigenvalue weighted by Gasteiger charge is -2.27. The van der Waals surface area contributed by atoms with Crippen molar-refractivity contribution in [3.63, 3.8) is 0 Å². The first-order valence-corrected chi connectivity index (χ1v) is 5.72. The van der Waals surface area contributed by atoms with Crippen LogP contribution in [0.3, 0.4) is 0 Å². The maximum absolute atomic E-state index is 10.8. The first kappa shape index (κ1) is 11.9. The Morgan fingerprint density at radius 1 is 1.53 bits per heavy atom. The second-order valence-corrected chi connectivity index (χ2v) is 4.33. The van der Waals surface area contributed by atoms with Gasteiger partial charge in [-0.05, 0) is 18.1 Å². The van der Waals surface area contributed by atoms with Gasteiger partial charge in [-0.1, -0.05) is 25.1 Å². The lowest BCUT2D eigenvalue weighted by Crippen LogP contribution is -2.38. The van der Waals surface area contributed by atoms with E-state index in [1.807, 2.05) is 24.3 Å². The highest BCUT2D eigenvalue weighted by Crippen LogP contribution is 2.24. The Bertz CT molecular complexity index is 398. The van der Waals surface area contributed by atoms with Crippen LogP contribution in [0.5, 0.6) is 5.75 Å². The number of carboxylic acids is 1. The number of carbonyl (C=O) groups is 1. The largest absolute Gasteiger partial charge is 0.485 e. The zero-order valence-electron chi connectivity index (χ0n) is 9.76. The Balaban J connectivity index is 2.06. The third-order valence-electron chi connectivity index (χ3n) is 2.82. The van der Waals surface area contributed by atoms with Gasteiger partial charge in [-0.15, -0.1) is 0 Å². The fraction of sp³-hybridized carbons (Fsp3) is 0.462. The summed E-state index contributed by atoms with van der Waals surface area (Å²) in [6, 6.07) is 7.58. The molecule has 1 atom stereocenters. The van der Waals surface area contributed by atoms with Crippen LogP contribution in [0.2, 0.25) is 0 Å². The van der Waals surface area contributed by atoms with Crippen LogP contribution >= 0.6 is 0 Å². The molecular weight excluding hydrogens is 220 g/mol. The van der Waals surface area contributed by atoms with Gasteiger partial charge >= 0.3 is 5.97 Å². The number of aliphatic carboxylic acids is 1. The summed E-state index contributed by atoms with van der Waals surface area (Å²) in [5.41, 5.74) is 0.939. The Kier molecular flexibility index (Phi) is 3.64. The lowest BCUT2D eigenvalue weighted by atomic mass is 10.0. The number of benzene rings is 1. The predicted octanol–water partition coefficient (Wildman–Crippen LogP) is 1.73. The number of hydrogen-bond acceptors (Lipinski definition) is 3. The molecule has 1 unspecified atom stereocenters. The SMILES string of the molecule is CC(Cc1ccccc1OC1COC1)C(=O)O. The zero-order chi connectivity index (χ0) is 12.3. The fourth-order valence-electron chi connectivity index (χ4n) is 1.67. The van der Waals surface area contributed by atoms with Crippen molar-refractivity contribution in [2.45, 2.75) is 19.4 Å². The van der Waals surface area contributed by atoms with E-state index in [0.29, 0.717) is 19.6 Å². The van der Waals surface area contributed by atoms with Crippen LogP contribution in [0, 0.1) is 5.92 Å². The highest BCUT2D eigenvalue weighted by Gasteiger charge is 2.22. The number of ether oxygens (including phenoxy) is 2. The zero-order valence-corrected chi connectivity index (χ0v) is 9.76. The Hall–Kier alpha value is -1.55. The van der Waals surface area contributed by atoms with E-state index in [1.54, 1.807) is 6.92 Å². The molecule has 4 nitrogen and oxygen atoms in total. The van der Waals surface area contributed by atoms with Gasteiger partial charge in [0.25, 0.3) is 0 Å². The molecule has 1 N–H and O–H groups in total. The van der Waals surface area contributed by atoms with Gasteiger partial charge in [-0.2, -0.15) is 0 Å². The summed E-state index contributed by atoms with van der Waals surface area (Å²) in [6.45, 7) is 2.93. The molecule has 0 bridgehead atoms. The van der Waals surface area contributed by atoms with Crippen LogP contribution in [0.15, 0.2) is 24.3 Å². The van der Waals surface area contributed by atoms with Crippen LogP contribution in [-0.2, 0) is 16.0 Å². The Morgan fingerprint density at radius 3 is 2.82 bits per heavy atom. The molecule has 0 aliphatic carbocycles. The van der Waals surface area contributed by atoms with Crippen molar-refractivity contribution in [3.05, 3.63) is 29.8 Å². The molecule has 0 amide bonds. The van der Waals surface area contributed by atoms with E-state index in [4.69, 9.17) is 14.6 Å². The minimum Gasteiger partial charge on any atom is -0.485 e. The maximum Gasteiger partial charge on any atom is 0.306 e. The van der Waals surface area contributed by atoms with Gasteiger partial charge in [0.2, 0.25) is 0 Å². The number of hydrogen-bond donors (Lipinski definition) is 1. The van der Waals surface area contributed by atoms with E-state index in [2.05, 4.69) is 0 Å². The van der Waals surface area contributed by atoms with Crippen LogP contribution in [0.25, 0.3) is 0 Å². The lowest BCUT2D eigenvalue weighted by molar-refractivity contribution is -0.141. The second kappa shape index (κ2) is 5.19. The monoisotopic (exact) mass is 236 g/mol. The summed E-state index contributed by atoms with van der Waals surface area (Å²) in [7, 11) is 0. The number of rotatable bonds is 5. The second-order valence-electron chi connectivity index (χ2n) is 4.33. The van der Waals surface area contributed by atoms with E-state index < -0.39 is 11.9 Å². The smallest absolute Gasteiger partial charge is 0.306 e. The first-order chi connectivity index (χ1) is 8.16. The average molecular weight is 236 g/mol. The van der Waals surface area contributed by atoms with Crippen molar-refractivity contribution in [3.8, 4) is 5.75 Å². The van der Waals surface area contributed by atoms with Gasteiger partial charge in [-0.3, -0.25) is 4.79 Å². The van der Waals surface area contributed by atoms with Crippen LogP contribution < -0.4 is 4.74 Å². The van der Waals surface area contributed by atoms with E-state index in [0.717, 1.165) is 11.3 Å². The van der Waals surface area contributed by atoms with E-state index in [-0.39, 0.29) is 6.10 Å². The number of para-hydroxylation sites is 1. The molecule has 0 aromatic heterocycles. The topological polar surface area (TPSA) is 55.8 Å². The molecule has 1 saturated heterocycles. The van der Waals surface area contributed by atoms with Gasteiger partial charge in [0, 0.05) is 0 Å². The van der Waals surface area contributed by atoms with E-state index >= 15 is 0 Å². The standard InChI is InChI=1S/C13H16O4/c1-9(13(14)15)6-10-4-2-3-5-12(10)17-11-7-16-8-11/h2-5,9,11H,6-8H2,1H3,(H,14,15). The van der Waals surface area contributed by atoms with Gasteiger partial charge in [0.1, 0.15) is 11.9 Å². The molecule has 17 heavy (non-hydrogen) atoms. The maximum atomic E-state index is 10.8. The summed E-state index contributed by atoms with van der Waals surface area (Å²) in [6.07, 6.45) is 0.593. The fourth-order valence-corrected chi connectivity index (χ4v) is 1.67. The van der Waals surface area contributed by atoms with Crippen molar-refractivity contribution >= 4 is 5.97 Å². The minimum atomic E-state index is -0.785. The number of carboxylic acid groups (broad SMARTS) is 1. The molecule has 0 saturated carbocycles. The van der Waals surface area contributed by atoms with Crippen molar-refractivity contribution in [2.24, 2.45) is 5.92 Å². The van der Waals surface area contributed by atoms with Gasteiger partial charge in [0.05, 0.1) is 19.1 Å². The molecule has 0 radical (unpaired) electrons. The van der Waals surface area contributed by atoms with Crippen LogP contribution in [0.1, 0.15) is 12.5 Å². The van der Waals surface area contributed by atoms with Crippen LogP contribution in [-0.4, -0.2) is 30.4 Å². The van der Waals surface area contributed by atoms with Crippen LogP contribution in [0.4, 0.5) is 0 Å². The average Bonchev–Trinajstić information content (AvgIpc) is 2.25. The van der Waals surface area contributed by atoms with E-state index in [9.17, 15) is 4.79 Å². The quantitative estimate of drug-likeness (QED) is 0.845. The Morgan fingerprint density at radius 2 is 2.24 bits per heavy atom. The summed E-state index contributed by atoms with van der Waals surface area (Å²) < 4.78 is 10.8. The normalized spacial score (nSPS) is 17.2.